The van der Waals surface area contributed by atoms with Crippen molar-refractivity contribution in [2.45, 2.75) is 69.5 Å². The first-order chi connectivity index (χ1) is 61.1. The second-order valence-electron chi connectivity index (χ2n) is 30.7. The van der Waals surface area contributed by atoms with Gasteiger partial charge in [-0.3, -0.25) is 48.8 Å². The van der Waals surface area contributed by atoms with Crippen molar-refractivity contribution in [3.05, 3.63) is 329 Å². The number of nitrogens with one attached hydrogen (secondary N) is 6. The Hall–Kier alpha value is -13.7. The van der Waals surface area contributed by atoms with Gasteiger partial charge in [0.05, 0.1) is 29.5 Å². The van der Waals surface area contributed by atoms with E-state index in [1.165, 1.54) is 12.1 Å². The van der Waals surface area contributed by atoms with Gasteiger partial charge < -0.3 is 65.5 Å². The Morgan fingerprint density at radius 1 is 0.524 bits per heavy atom. The average Bonchev–Trinajstić information content (AvgIpc) is 0.840. The quantitative estimate of drug-likeness (QED) is 0.0177. The van der Waals surface area contributed by atoms with Crippen molar-refractivity contribution in [1.82, 2.24) is 40.0 Å². The molecular weight excluding hydrogens is 1630 g/mol. The molecule has 1 aliphatic heterocycles. The molecule has 0 aliphatic carbocycles. The van der Waals surface area contributed by atoms with E-state index in [2.05, 4.69) is 66.7 Å². The van der Waals surface area contributed by atoms with Crippen LogP contribution in [0, 0.1) is 23.5 Å². The van der Waals surface area contributed by atoms with Gasteiger partial charge in [-0.15, -0.1) is 22.7 Å². The minimum absolute atomic E-state index is 0.00192. The van der Waals surface area contributed by atoms with Crippen molar-refractivity contribution in [2.24, 2.45) is 39.8 Å². The minimum atomic E-state index is -0.431. The average molecular weight is 1730 g/mol. The SMILES string of the molecule is CC(C(Cc1ccccc1)C(=O)Nc1ccc2cnccc2c1F)N(C)C.CC(CC(=O)Nc1ccc2cnccc2c1)C(N)c1cccs1.NC(N)=NC(CCC(=O)Nc1ccc2cnccc2c1)c1cccs1.NC[C@@H](C(=O)Nc1ccc2c(N)nccc2c1)c1ccccc1.O=C(Nc1ccc2cnccc2c1)C(CN1CCNCC1)c1ccc(F)cc1. The standard InChI is InChI=1S/C22H23FN4O.C22H24FN3O.C18H19N5OS.C18H18N4O.C18H19N3OS/c23-19-4-1-16(2-5-19)21(15-27-11-9-24-10-12-27)22(28)26-20-6-3-18-14-25-8-7-17(18)13-20;1-15(26(2)3)19(13-16-7-5-4-6-8-16)22(27)25-20-10-9-17-14-24-12-11-18(17)21(20)23;19-18(20)23-15(16-2-1-9-25-16)5-6-17(24)22-14-4-3-13-11-21-8-7-12(13)10-14;19-11-16(12-4-2-1-3-5-12)18(23)22-14-6-7-15-13(10-14)8-9-21-17(15)20;1-12(18(19)16-3-2-8-23-16)9-17(22)21-15-5-4-14-11-20-7-6-13(14)10-15/h1-8,13-14,21,24H,9-12,15H2,(H,26,28);4-12,14-15,19H,13H2,1-3H3,(H,25,27);1-4,7-11,15H,5-6H2,(H,22,24)(H4,19,20,23);1-10,16H,11,19H2,(H2,20,21)(H,22,23);2-8,10-12,18H,9,19H2,1H3,(H,21,22)/t;;;16-;/m...1./s1. The number of amides is 5. The minimum Gasteiger partial charge on any atom is -0.383 e. The molecule has 8 heterocycles. The predicted molar refractivity (Wildman–Crippen MR) is 507 cm³/mol. The highest BCUT2D eigenvalue weighted by Gasteiger charge is 2.30. The van der Waals surface area contributed by atoms with Crippen LogP contribution < -0.4 is 60.6 Å². The number of aromatic nitrogens is 5. The summed E-state index contributed by atoms with van der Waals surface area (Å²) in [5.41, 5.74) is 34.9. The molecule has 126 heavy (non-hydrogen) atoms. The van der Waals surface area contributed by atoms with Crippen LogP contribution in [0.25, 0.3) is 53.9 Å². The molecule has 0 radical (unpaired) electrons. The lowest BCUT2D eigenvalue weighted by molar-refractivity contribution is -0.121. The normalized spacial score (nSPS) is 13.5. The smallest absolute Gasteiger partial charge is 0.233 e. The zero-order valence-electron chi connectivity index (χ0n) is 70.4. The van der Waals surface area contributed by atoms with Crippen molar-refractivity contribution < 1.29 is 32.8 Å². The van der Waals surface area contributed by atoms with Crippen molar-refractivity contribution in [2.75, 3.05) is 85.7 Å². The van der Waals surface area contributed by atoms with Gasteiger partial charge in [0, 0.05) is 185 Å². The molecule has 28 heteroatoms. The van der Waals surface area contributed by atoms with Crippen molar-refractivity contribution >= 4 is 146 Å². The van der Waals surface area contributed by atoms with E-state index >= 15 is 0 Å². The number of fused-ring (bicyclic) bond motifs is 5. The number of pyridine rings is 5. The highest BCUT2D eigenvalue weighted by Crippen LogP contribution is 2.33. The molecule has 8 aromatic carbocycles. The molecule has 6 unspecified atom stereocenters. The zero-order valence-corrected chi connectivity index (χ0v) is 72.0. The maximum atomic E-state index is 14.8. The Labute approximate surface area is 738 Å². The molecule has 0 saturated carbocycles. The van der Waals surface area contributed by atoms with E-state index in [-0.39, 0.29) is 95.3 Å². The fourth-order valence-corrected chi connectivity index (χ4v) is 16.1. The van der Waals surface area contributed by atoms with E-state index in [1.54, 1.807) is 103 Å². The number of anilines is 6. The number of guanidine groups is 1. The van der Waals surface area contributed by atoms with Gasteiger partial charge in [-0.1, -0.05) is 116 Å². The summed E-state index contributed by atoms with van der Waals surface area (Å²) >= 11 is 3.20. The Balaban J connectivity index is 0.000000144. The molecule has 646 valence electrons. The Morgan fingerprint density at radius 2 is 1.03 bits per heavy atom. The number of rotatable bonds is 26. The van der Waals surface area contributed by atoms with Crippen molar-refractivity contribution in [3.8, 4) is 0 Å². The summed E-state index contributed by atoms with van der Waals surface area (Å²) < 4.78 is 28.2. The van der Waals surface area contributed by atoms with Gasteiger partial charge in [0.15, 0.2) is 11.8 Å². The summed E-state index contributed by atoms with van der Waals surface area (Å²) in [5, 5.41) is 31.1. The van der Waals surface area contributed by atoms with E-state index in [1.807, 2.05) is 232 Å². The molecule has 1 saturated heterocycles. The number of hydrogen-bond acceptors (Lipinski definition) is 19. The van der Waals surface area contributed by atoms with Crippen LogP contribution in [0.4, 0.5) is 43.0 Å². The van der Waals surface area contributed by atoms with Crippen molar-refractivity contribution in [3.63, 3.8) is 0 Å². The lowest BCUT2D eigenvalue weighted by Gasteiger charge is -2.30. The summed E-state index contributed by atoms with van der Waals surface area (Å²) in [5.74, 6) is -1.68. The van der Waals surface area contributed by atoms with Gasteiger partial charge in [-0.05, 0) is 204 Å². The molecule has 1 aliphatic rings. The van der Waals surface area contributed by atoms with Crippen LogP contribution in [0.3, 0.4) is 0 Å². The van der Waals surface area contributed by atoms with E-state index < -0.39 is 5.82 Å². The number of halogens is 2. The molecule has 1 fully saturated rings. The molecule has 5 amide bonds. The van der Waals surface area contributed by atoms with Crippen LogP contribution in [0.2, 0.25) is 0 Å². The number of hydrogen-bond donors (Lipinski definition) is 11. The van der Waals surface area contributed by atoms with Gasteiger partial charge in [0.2, 0.25) is 29.5 Å². The van der Waals surface area contributed by atoms with E-state index in [9.17, 15) is 32.8 Å². The predicted octanol–water partition coefficient (Wildman–Crippen LogP) is 16.6. The fraction of sp³-hybridized carbons (Fsp3) is 0.214. The Bertz CT molecular complexity index is 6130. The fourth-order valence-electron chi connectivity index (χ4n) is 14.5. The largest absolute Gasteiger partial charge is 0.383 e. The molecule has 0 bridgehead atoms. The van der Waals surface area contributed by atoms with Crippen LogP contribution >= 0.6 is 22.7 Å². The van der Waals surface area contributed by atoms with E-state index in [4.69, 9.17) is 28.7 Å². The van der Waals surface area contributed by atoms with Crippen molar-refractivity contribution in [1.29, 1.82) is 0 Å². The zero-order chi connectivity index (χ0) is 88.9. The molecule has 7 aromatic heterocycles. The van der Waals surface area contributed by atoms with Gasteiger partial charge in [0.25, 0.3) is 0 Å². The van der Waals surface area contributed by atoms with Crippen LogP contribution in [-0.4, -0.2) is 130 Å². The summed E-state index contributed by atoms with van der Waals surface area (Å²) in [4.78, 5) is 94.2. The Kier molecular flexibility index (Phi) is 33.1. The first-order valence-corrected chi connectivity index (χ1v) is 43.1. The van der Waals surface area contributed by atoms with Crippen LogP contribution in [-0.2, 0) is 30.4 Å². The molecule has 16 rings (SSSR count). The molecule has 16 N–H and O–H groups in total. The number of nitrogens with two attached hydrogens (primary N) is 5. The number of benzene rings is 8. The summed E-state index contributed by atoms with van der Waals surface area (Å²) in [6.07, 6.45) is 17.3. The maximum absolute atomic E-state index is 14.8. The van der Waals surface area contributed by atoms with Gasteiger partial charge >= 0.3 is 0 Å². The highest BCUT2D eigenvalue weighted by atomic mass is 32.1. The molecule has 0 spiro atoms. The molecule has 15 aromatic rings. The molecular formula is C98H103F2N19O5S2. The number of carbonyl (C=O) groups excluding carboxylic acids is 5. The number of piperazine rings is 1. The summed E-state index contributed by atoms with van der Waals surface area (Å²) in [6, 6.07) is 68.7. The van der Waals surface area contributed by atoms with Crippen LogP contribution in [0.15, 0.2) is 296 Å². The van der Waals surface area contributed by atoms with Crippen LogP contribution in [0.5, 0.6) is 0 Å². The lowest BCUT2D eigenvalue weighted by Crippen LogP contribution is -2.46. The number of carbonyl (C=O) groups is 5. The maximum Gasteiger partial charge on any atom is 0.233 e. The van der Waals surface area contributed by atoms with E-state index in [0.717, 1.165) is 113 Å². The number of nitrogen functional groups attached to an aromatic ring is 1. The van der Waals surface area contributed by atoms with Crippen LogP contribution in [0.1, 0.15) is 83.5 Å². The van der Waals surface area contributed by atoms with Gasteiger partial charge in [-0.2, -0.15) is 0 Å². The number of aliphatic imine (C=N–C) groups is 1. The van der Waals surface area contributed by atoms with Gasteiger partial charge in [0.1, 0.15) is 11.6 Å². The topological polar surface area (TPSA) is 371 Å². The third-order valence-electron chi connectivity index (χ3n) is 21.7. The molecule has 24 nitrogen and oxygen atoms in total. The van der Waals surface area contributed by atoms with Gasteiger partial charge in [-0.25, -0.2) is 18.8 Å². The first-order valence-electron chi connectivity index (χ1n) is 41.3. The highest BCUT2D eigenvalue weighted by molar-refractivity contribution is 7.10. The second-order valence-corrected chi connectivity index (χ2v) is 32.7. The first kappa shape index (κ1) is 91.5. The number of nitrogens with zero attached hydrogens (tertiary/aromatic N) is 8. The summed E-state index contributed by atoms with van der Waals surface area (Å²) in [7, 11) is 3.89. The third-order valence-corrected chi connectivity index (χ3v) is 23.6. The Morgan fingerprint density at radius 3 is 1.60 bits per heavy atom. The monoisotopic (exact) mass is 1730 g/mol. The third kappa shape index (κ3) is 26.2. The van der Waals surface area contributed by atoms with E-state index in [0.29, 0.717) is 54.5 Å². The lowest BCUT2D eigenvalue weighted by atomic mass is 9.91. The second kappa shape index (κ2) is 45.6. The summed E-state index contributed by atoms with van der Waals surface area (Å²) in [6.45, 7) is 8.50. The molecule has 7 atom stereocenters. The number of thiophene rings is 2.